The number of benzene rings is 3. The maximum atomic E-state index is 13.7. The molecule has 1 unspecified atom stereocenters. The minimum absolute atomic E-state index is 0.0329. The second-order valence-electron chi connectivity index (χ2n) is 5.81. The number of fused-ring (bicyclic) bond motifs is 1. The molecular weight excluding hydrogens is 313 g/mol. The van der Waals surface area contributed by atoms with Crippen molar-refractivity contribution in [1.82, 2.24) is 0 Å². The summed E-state index contributed by atoms with van der Waals surface area (Å²) in [6.07, 6.45) is 0. The Morgan fingerprint density at radius 1 is 0.960 bits per heavy atom. The highest BCUT2D eigenvalue weighted by Crippen LogP contribution is 2.36. The molecule has 120 valence electrons. The van der Waals surface area contributed by atoms with E-state index in [9.17, 15) is 4.39 Å². The molecule has 0 spiro atoms. The molecule has 0 aromatic heterocycles. The number of nitriles is 1. The third-order valence-electron chi connectivity index (χ3n) is 4.23. The minimum Gasteiger partial charge on any atom is -0.371 e. The van der Waals surface area contributed by atoms with Crippen LogP contribution in [0.2, 0.25) is 0 Å². The van der Waals surface area contributed by atoms with Gasteiger partial charge in [0.15, 0.2) is 0 Å². The van der Waals surface area contributed by atoms with Gasteiger partial charge in [0.25, 0.3) is 0 Å². The lowest BCUT2D eigenvalue weighted by atomic mass is 9.93. The summed E-state index contributed by atoms with van der Waals surface area (Å²) in [7, 11) is 0. The monoisotopic (exact) mass is 327 g/mol. The molecule has 0 radical (unpaired) electrons. The van der Waals surface area contributed by atoms with Gasteiger partial charge < -0.3 is 5.32 Å². The van der Waals surface area contributed by atoms with Crippen LogP contribution in [-0.4, -0.2) is 5.71 Å². The summed E-state index contributed by atoms with van der Waals surface area (Å²) >= 11 is 0. The lowest BCUT2D eigenvalue weighted by Crippen LogP contribution is -2.25. The Labute approximate surface area is 145 Å². The van der Waals surface area contributed by atoms with Crippen LogP contribution in [-0.2, 0) is 0 Å². The highest BCUT2D eigenvalue weighted by molar-refractivity contribution is 6.10. The first-order chi connectivity index (χ1) is 12.3. The van der Waals surface area contributed by atoms with Crippen molar-refractivity contribution < 1.29 is 4.39 Å². The molecule has 4 rings (SSSR count). The quantitative estimate of drug-likeness (QED) is 0.721. The van der Waals surface area contributed by atoms with Crippen molar-refractivity contribution in [3.05, 3.63) is 95.3 Å². The smallest absolute Gasteiger partial charge is 0.140 e. The Morgan fingerprint density at radius 2 is 1.72 bits per heavy atom. The van der Waals surface area contributed by atoms with Crippen LogP contribution >= 0.6 is 0 Å². The maximum Gasteiger partial charge on any atom is 0.140 e. The summed E-state index contributed by atoms with van der Waals surface area (Å²) < 4.78 is 13.7. The van der Waals surface area contributed by atoms with Gasteiger partial charge in [-0.05, 0) is 35.4 Å². The third-order valence-corrected chi connectivity index (χ3v) is 4.23. The van der Waals surface area contributed by atoms with E-state index in [-0.39, 0.29) is 11.6 Å². The van der Waals surface area contributed by atoms with Crippen molar-refractivity contribution in [2.45, 2.75) is 6.04 Å². The van der Waals surface area contributed by atoms with Crippen molar-refractivity contribution in [1.29, 1.82) is 5.26 Å². The van der Waals surface area contributed by atoms with Gasteiger partial charge in [-0.15, -0.1) is 0 Å². The molecule has 1 N–H and O–H groups in total. The van der Waals surface area contributed by atoms with E-state index in [0.29, 0.717) is 0 Å². The Morgan fingerprint density at radius 3 is 2.52 bits per heavy atom. The van der Waals surface area contributed by atoms with Gasteiger partial charge in [0.2, 0.25) is 0 Å². The molecule has 1 heterocycles. The Kier molecular flexibility index (Phi) is 3.75. The molecule has 0 aliphatic carbocycles. The van der Waals surface area contributed by atoms with Crippen LogP contribution < -0.4 is 5.32 Å². The molecule has 4 heteroatoms. The second-order valence-corrected chi connectivity index (χ2v) is 5.81. The molecule has 1 aliphatic heterocycles. The fraction of sp³-hybridized carbons (Fsp3) is 0.0476. The van der Waals surface area contributed by atoms with Gasteiger partial charge in [0, 0.05) is 0 Å². The first-order valence-corrected chi connectivity index (χ1v) is 7.95. The third kappa shape index (κ3) is 2.77. The summed E-state index contributed by atoms with van der Waals surface area (Å²) in [6, 6.07) is 23.9. The normalized spacial score (nSPS) is 15.5. The zero-order chi connectivity index (χ0) is 17.2. The number of para-hydroxylation sites is 2. The Bertz CT molecular complexity index is 1000. The molecule has 0 saturated heterocycles. The van der Waals surface area contributed by atoms with E-state index >= 15 is 0 Å². The second kappa shape index (κ2) is 6.21. The van der Waals surface area contributed by atoms with E-state index in [2.05, 4.69) is 5.32 Å². The number of hydrogen-bond acceptors (Lipinski definition) is 3. The predicted octanol–water partition coefficient (Wildman–Crippen LogP) is 4.98. The molecule has 3 aromatic rings. The first-order valence-electron chi connectivity index (χ1n) is 7.95. The van der Waals surface area contributed by atoms with Gasteiger partial charge in [0.1, 0.15) is 11.9 Å². The summed E-state index contributed by atoms with van der Waals surface area (Å²) in [5.74, 6) is -0.513. The number of aliphatic imine (C=N–C) groups is 1. The lowest BCUT2D eigenvalue weighted by molar-refractivity contribution is 0.623. The summed E-state index contributed by atoms with van der Waals surface area (Å²) in [5.41, 5.74) is 4.43. The number of halogens is 1. The van der Waals surface area contributed by atoms with Gasteiger partial charge in [-0.1, -0.05) is 48.5 Å². The number of anilines is 1. The first kappa shape index (κ1) is 15.1. The summed E-state index contributed by atoms with van der Waals surface area (Å²) in [6.45, 7) is 0. The molecule has 3 nitrogen and oxygen atoms in total. The topological polar surface area (TPSA) is 48.2 Å². The molecule has 25 heavy (non-hydrogen) atoms. The molecule has 1 atom stereocenters. The standard InChI is InChI=1S/C21H14FN3/c22-17-11-10-15(12-16(17)13-23)21-20(14-6-2-1-3-7-14)24-18-8-4-5-9-19(18)25-21/h1-12,21,25H. The average Bonchev–Trinajstić information content (AvgIpc) is 2.68. The molecule has 0 fully saturated rings. The van der Waals surface area contributed by atoms with Gasteiger partial charge in [-0.25, -0.2) is 9.38 Å². The van der Waals surface area contributed by atoms with Crippen molar-refractivity contribution in [3.63, 3.8) is 0 Å². The zero-order valence-corrected chi connectivity index (χ0v) is 13.3. The zero-order valence-electron chi connectivity index (χ0n) is 13.3. The van der Waals surface area contributed by atoms with E-state index in [0.717, 1.165) is 28.2 Å². The van der Waals surface area contributed by atoms with Crippen LogP contribution in [0.15, 0.2) is 77.8 Å². The van der Waals surface area contributed by atoms with Crippen LogP contribution in [0.4, 0.5) is 15.8 Å². The van der Waals surface area contributed by atoms with Gasteiger partial charge >= 0.3 is 0 Å². The molecule has 1 aliphatic rings. The SMILES string of the molecule is N#Cc1cc(C2Nc3ccccc3N=C2c2ccccc2)ccc1F. The molecular formula is C21H14FN3. The van der Waals surface area contributed by atoms with Crippen LogP contribution in [0, 0.1) is 17.1 Å². The van der Waals surface area contributed by atoms with Gasteiger partial charge in [-0.2, -0.15) is 5.26 Å². The number of nitrogens with zero attached hydrogens (tertiary/aromatic N) is 2. The Hall–Kier alpha value is -3.45. The van der Waals surface area contributed by atoms with Gasteiger partial charge in [-0.3, -0.25) is 0 Å². The van der Waals surface area contributed by atoms with Crippen molar-refractivity contribution >= 4 is 17.1 Å². The van der Waals surface area contributed by atoms with E-state index < -0.39 is 5.82 Å². The largest absolute Gasteiger partial charge is 0.371 e. The highest BCUT2D eigenvalue weighted by atomic mass is 19.1. The molecule has 0 amide bonds. The summed E-state index contributed by atoms with van der Waals surface area (Å²) in [5, 5.41) is 12.6. The van der Waals surface area contributed by atoms with Crippen molar-refractivity contribution in [3.8, 4) is 6.07 Å². The fourth-order valence-electron chi connectivity index (χ4n) is 3.00. The average molecular weight is 327 g/mol. The predicted molar refractivity (Wildman–Crippen MR) is 96.6 cm³/mol. The van der Waals surface area contributed by atoms with E-state index in [1.807, 2.05) is 60.7 Å². The van der Waals surface area contributed by atoms with Gasteiger partial charge in [0.05, 0.1) is 28.7 Å². The van der Waals surface area contributed by atoms with Crippen LogP contribution in [0.25, 0.3) is 0 Å². The molecule has 0 bridgehead atoms. The fourth-order valence-corrected chi connectivity index (χ4v) is 3.00. The minimum atomic E-state index is -0.513. The van der Waals surface area contributed by atoms with Crippen molar-refractivity contribution in [2.75, 3.05) is 5.32 Å². The van der Waals surface area contributed by atoms with Crippen molar-refractivity contribution in [2.24, 2.45) is 4.99 Å². The van der Waals surface area contributed by atoms with E-state index in [4.69, 9.17) is 10.3 Å². The van der Waals surface area contributed by atoms with E-state index in [1.54, 1.807) is 12.1 Å². The van der Waals surface area contributed by atoms with Crippen LogP contribution in [0.3, 0.4) is 0 Å². The number of rotatable bonds is 2. The highest BCUT2D eigenvalue weighted by Gasteiger charge is 2.25. The molecule has 0 saturated carbocycles. The number of hydrogen-bond donors (Lipinski definition) is 1. The van der Waals surface area contributed by atoms with E-state index in [1.165, 1.54) is 6.07 Å². The van der Waals surface area contributed by atoms with Crippen LogP contribution in [0.1, 0.15) is 22.7 Å². The molecule has 3 aromatic carbocycles. The number of nitrogens with one attached hydrogen (secondary N) is 1. The lowest BCUT2D eigenvalue weighted by Gasteiger charge is -2.28. The van der Waals surface area contributed by atoms with Crippen LogP contribution in [0.5, 0.6) is 0 Å². The summed E-state index contributed by atoms with van der Waals surface area (Å²) in [4.78, 5) is 4.83. The Balaban J connectivity index is 1.87. The maximum absolute atomic E-state index is 13.7.